The van der Waals surface area contributed by atoms with Crippen molar-refractivity contribution in [1.82, 2.24) is 14.9 Å². The zero-order chi connectivity index (χ0) is 19.9. The summed E-state index contributed by atoms with van der Waals surface area (Å²) in [5.74, 6) is 0.441. The molecule has 1 aromatic heterocycles. The molecular formula is C23H27N3O2. The minimum atomic E-state index is -0.121. The predicted octanol–water partition coefficient (Wildman–Crippen LogP) is 4.33. The number of nitrogens with one attached hydrogen (secondary N) is 1. The van der Waals surface area contributed by atoms with E-state index in [-0.39, 0.29) is 11.5 Å². The smallest absolute Gasteiger partial charge is 0.265 e. The molecule has 1 heterocycles. The van der Waals surface area contributed by atoms with E-state index < -0.39 is 0 Å². The molecule has 1 N–H and O–H groups in total. The summed E-state index contributed by atoms with van der Waals surface area (Å²) < 4.78 is 1.50. The van der Waals surface area contributed by atoms with Crippen LogP contribution >= 0.6 is 0 Å². The van der Waals surface area contributed by atoms with Crippen molar-refractivity contribution in [2.45, 2.75) is 39.5 Å². The van der Waals surface area contributed by atoms with Crippen molar-refractivity contribution >= 4 is 16.8 Å². The van der Waals surface area contributed by atoms with Gasteiger partial charge in [0, 0.05) is 12.1 Å². The maximum absolute atomic E-state index is 12.7. The third-order valence-electron chi connectivity index (χ3n) is 5.17. The summed E-state index contributed by atoms with van der Waals surface area (Å²) in [6.07, 6.45) is 6.10. The number of aromatic nitrogens is 2. The van der Waals surface area contributed by atoms with Gasteiger partial charge in [-0.05, 0) is 48.7 Å². The van der Waals surface area contributed by atoms with Crippen LogP contribution in [0.25, 0.3) is 16.6 Å². The highest BCUT2D eigenvalue weighted by Crippen LogP contribution is 2.13. The maximum atomic E-state index is 12.7. The second-order valence-electron chi connectivity index (χ2n) is 7.11. The van der Waals surface area contributed by atoms with Crippen molar-refractivity contribution in [2.75, 3.05) is 6.54 Å². The van der Waals surface area contributed by atoms with Crippen molar-refractivity contribution in [1.29, 1.82) is 0 Å². The molecule has 1 atom stereocenters. The van der Waals surface area contributed by atoms with Gasteiger partial charge in [-0.1, -0.05) is 45.2 Å². The lowest BCUT2D eigenvalue weighted by Crippen LogP contribution is -2.29. The number of fused-ring (bicyclic) bond motifs is 1. The van der Waals surface area contributed by atoms with Crippen LogP contribution in [0, 0.1) is 5.92 Å². The second-order valence-corrected chi connectivity index (χ2v) is 7.11. The zero-order valence-corrected chi connectivity index (χ0v) is 16.5. The molecule has 146 valence electrons. The normalized spacial score (nSPS) is 12.1. The first-order chi connectivity index (χ1) is 13.6. The molecule has 0 fully saturated rings. The van der Waals surface area contributed by atoms with E-state index in [1.807, 2.05) is 18.2 Å². The van der Waals surface area contributed by atoms with E-state index in [9.17, 15) is 9.59 Å². The molecule has 1 amide bonds. The van der Waals surface area contributed by atoms with Gasteiger partial charge in [0.2, 0.25) is 0 Å². The molecule has 5 heteroatoms. The van der Waals surface area contributed by atoms with E-state index in [4.69, 9.17) is 0 Å². The lowest BCUT2D eigenvalue weighted by Gasteiger charge is -2.15. The summed E-state index contributed by atoms with van der Waals surface area (Å²) in [4.78, 5) is 29.5. The third kappa shape index (κ3) is 4.47. The summed E-state index contributed by atoms with van der Waals surface area (Å²) >= 11 is 0. The number of unbranched alkanes of at least 4 members (excludes halogenated alkanes) is 1. The summed E-state index contributed by atoms with van der Waals surface area (Å²) in [6.45, 7) is 5.05. The van der Waals surface area contributed by atoms with Crippen LogP contribution in [0.4, 0.5) is 0 Å². The predicted molar refractivity (Wildman–Crippen MR) is 113 cm³/mol. The molecule has 0 aliphatic heterocycles. The second kappa shape index (κ2) is 9.31. The Hall–Kier alpha value is -2.95. The van der Waals surface area contributed by atoms with E-state index in [2.05, 4.69) is 24.1 Å². The van der Waals surface area contributed by atoms with Gasteiger partial charge in [-0.2, -0.15) is 0 Å². The van der Waals surface area contributed by atoms with Crippen LogP contribution in [0.3, 0.4) is 0 Å². The number of para-hydroxylation sites is 1. The average Bonchev–Trinajstić information content (AvgIpc) is 2.74. The number of carbonyl (C=O) groups is 1. The summed E-state index contributed by atoms with van der Waals surface area (Å²) in [6, 6.07) is 14.3. The number of nitrogens with zero attached hydrogens (tertiary/aromatic N) is 2. The van der Waals surface area contributed by atoms with Crippen LogP contribution in [-0.2, 0) is 0 Å². The molecule has 0 bridgehead atoms. The van der Waals surface area contributed by atoms with Gasteiger partial charge in [0.05, 0.1) is 16.6 Å². The highest BCUT2D eigenvalue weighted by atomic mass is 16.1. The highest BCUT2D eigenvalue weighted by molar-refractivity contribution is 5.94. The molecule has 5 nitrogen and oxygen atoms in total. The Labute approximate surface area is 165 Å². The zero-order valence-electron chi connectivity index (χ0n) is 16.5. The van der Waals surface area contributed by atoms with Crippen molar-refractivity contribution < 1.29 is 4.79 Å². The quantitative estimate of drug-likeness (QED) is 0.635. The van der Waals surface area contributed by atoms with Gasteiger partial charge in [0.15, 0.2) is 0 Å². The fourth-order valence-corrected chi connectivity index (χ4v) is 3.31. The minimum Gasteiger partial charge on any atom is -0.352 e. The van der Waals surface area contributed by atoms with Crippen molar-refractivity contribution in [2.24, 2.45) is 5.92 Å². The van der Waals surface area contributed by atoms with Gasteiger partial charge in [-0.25, -0.2) is 4.98 Å². The monoisotopic (exact) mass is 377 g/mol. The number of rotatable bonds is 8. The average molecular weight is 377 g/mol. The lowest BCUT2D eigenvalue weighted by molar-refractivity contribution is 0.0946. The summed E-state index contributed by atoms with van der Waals surface area (Å²) in [7, 11) is 0. The van der Waals surface area contributed by atoms with Crippen LogP contribution < -0.4 is 10.9 Å². The van der Waals surface area contributed by atoms with E-state index >= 15 is 0 Å². The molecular weight excluding hydrogens is 350 g/mol. The first kappa shape index (κ1) is 19.8. The Balaban J connectivity index is 1.72. The number of amides is 1. The van der Waals surface area contributed by atoms with Gasteiger partial charge >= 0.3 is 0 Å². The highest BCUT2D eigenvalue weighted by Gasteiger charge is 2.11. The molecule has 1 unspecified atom stereocenters. The van der Waals surface area contributed by atoms with Gasteiger partial charge < -0.3 is 5.32 Å². The number of hydrogen-bond donors (Lipinski definition) is 1. The van der Waals surface area contributed by atoms with Crippen LogP contribution in [-0.4, -0.2) is 22.0 Å². The number of carbonyl (C=O) groups excluding carboxylic acids is 1. The van der Waals surface area contributed by atoms with E-state index in [0.29, 0.717) is 34.6 Å². The SMILES string of the molecule is CCCCC(CC)CNC(=O)c1ccc(-n2cnc3ccccc3c2=O)cc1. The molecule has 3 rings (SSSR count). The Kier molecular flexibility index (Phi) is 6.58. The fraction of sp³-hybridized carbons (Fsp3) is 0.348. The number of hydrogen-bond acceptors (Lipinski definition) is 3. The molecule has 0 saturated carbocycles. The Morgan fingerprint density at radius 1 is 1.11 bits per heavy atom. The fourth-order valence-electron chi connectivity index (χ4n) is 3.31. The van der Waals surface area contributed by atoms with E-state index in [1.165, 1.54) is 23.7 Å². The van der Waals surface area contributed by atoms with Crippen LogP contribution in [0.2, 0.25) is 0 Å². The topological polar surface area (TPSA) is 64.0 Å². The molecule has 0 aliphatic carbocycles. The van der Waals surface area contributed by atoms with Gasteiger partial charge in [0.25, 0.3) is 11.5 Å². The Morgan fingerprint density at radius 3 is 2.57 bits per heavy atom. The van der Waals surface area contributed by atoms with Crippen LogP contribution in [0.5, 0.6) is 0 Å². The summed E-state index contributed by atoms with van der Waals surface area (Å²) in [5.41, 5.74) is 1.84. The Bertz CT molecular complexity index is 993. The first-order valence-electron chi connectivity index (χ1n) is 9.99. The lowest BCUT2D eigenvalue weighted by atomic mass is 9.99. The van der Waals surface area contributed by atoms with Gasteiger partial charge in [-0.3, -0.25) is 14.2 Å². The molecule has 0 radical (unpaired) electrons. The summed E-state index contributed by atoms with van der Waals surface area (Å²) in [5, 5.41) is 3.61. The van der Waals surface area contributed by atoms with Crippen LogP contribution in [0.15, 0.2) is 59.7 Å². The third-order valence-corrected chi connectivity index (χ3v) is 5.17. The van der Waals surface area contributed by atoms with Crippen molar-refractivity contribution in [3.05, 3.63) is 70.8 Å². The largest absolute Gasteiger partial charge is 0.352 e. The van der Waals surface area contributed by atoms with Gasteiger partial charge in [0.1, 0.15) is 6.33 Å². The van der Waals surface area contributed by atoms with Crippen LogP contribution in [0.1, 0.15) is 49.9 Å². The first-order valence-corrected chi connectivity index (χ1v) is 9.99. The van der Waals surface area contributed by atoms with E-state index in [1.54, 1.807) is 30.3 Å². The minimum absolute atomic E-state index is 0.0783. The van der Waals surface area contributed by atoms with Gasteiger partial charge in [-0.15, -0.1) is 0 Å². The number of benzene rings is 2. The molecule has 0 spiro atoms. The van der Waals surface area contributed by atoms with Crippen molar-refractivity contribution in [3.63, 3.8) is 0 Å². The Morgan fingerprint density at radius 2 is 1.86 bits per heavy atom. The van der Waals surface area contributed by atoms with Crippen molar-refractivity contribution in [3.8, 4) is 5.69 Å². The molecule has 0 aliphatic rings. The van der Waals surface area contributed by atoms with E-state index in [0.717, 1.165) is 12.8 Å². The molecule has 0 saturated heterocycles. The standard InChI is InChI=1S/C23H27N3O2/c1-3-5-8-17(4-2)15-24-22(27)18-11-13-19(14-12-18)26-16-25-21-10-7-6-9-20(21)23(26)28/h6-7,9-14,16-17H,3-5,8,15H2,1-2H3,(H,24,27). The molecule has 3 aromatic rings. The molecule has 2 aromatic carbocycles. The maximum Gasteiger partial charge on any atom is 0.265 e. The molecule has 28 heavy (non-hydrogen) atoms.